The number of carbonyl (C=O) groups is 2. The molecular weight excluding hydrogens is 373 g/mol. The number of carbonyl (C=O) groups excluding carboxylic acids is 2. The van der Waals surface area contributed by atoms with Crippen LogP contribution in [0.4, 0.5) is 16.0 Å². The number of hydrogen-bond acceptors (Lipinski definition) is 4. The van der Waals surface area contributed by atoms with Gasteiger partial charge in [0.1, 0.15) is 11.6 Å². The van der Waals surface area contributed by atoms with E-state index in [1.54, 1.807) is 12.1 Å². The van der Waals surface area contributed by atoms with Gasteiger partial charge in [0, 0.05) is 24.4 Å². The van der Waals surface area contributed by atoms with Crippen LogP contribution in [-0.4, -0.2) is 27.0 Å². The summed E-state index contributed by atoms with van der Waals surface area (Å²) >= 11 is 0. The van der Waals surface area contributed by atoms with Gasteiger partial charge in [-0.2, -0.15) is 4.98 Å². The number of hydrogen-bond donors (Lipinski definition) is 3. The van der Waals surface area contributed by atoms with Crippen molar-refractivity contribution in [2.24, 2.45) is 5.92 Å². The van der Waals surface area contributed by atoms with Crippen LogP contribution in [0, 0.1) is 11.7 Å². The van der Waals surface area contributed by atoms with Crippen molar-refractivity contribution in [3.63, 3.8) is 0 Å². The molecule has 2 amide bonds. The number of rotatable bonds is 6. The van der Waals surface area contributed by atoms with Crippen molar-refractivity contribution in [3.8, 4) is 0 Å². The second kappa shape index (κ2) is 8.22. The minimum absolute atomic E-state index is 0.0632. The topological polar surface area (TPSA) is 99.8 Å². The Hall–Kier alpha value is -3.55. The molecule has 2 heterocycles. The molecular formula is C21H20FN5O2. The molecule has 1 aromatic heterocycles. The van der Waals surface area contributed by atoms with Crippen molar-refractivity contribution in [2.75, 3.05) is 10.6 Å². The molecule has 29 heavy (non-hydrogen) atoms. The molecule has 0 bridgehead atoms. The first-order valence-electron chi connectivity index (χ1n) is 9.41. The van der Waals surface area contributed by atoms with Gasteiger partial charge in [0.2, 0.25) is 17.8 Å². The fourth-order valence-corrected chi connectivity index (χ4v) is 3.41. The van der Waals surface area contributed by atoms with E-state index in [9.17, 15) is 14.0 Å². The van der Waals surface area contributed by atoms with E-state index in [1.807, 2.05) is 24.3 Å². The third-order valence-corrected chi connectivity index (χ3v) is 4.88. The summed E-state index contributed by atoms with van der Waals surface area (Å²) in [6.07, 6.45) is 1.62. The smallest absolute Gasteiger partial charge is 0.248 e. The number of anilines is 2. The lowest BCUT2D eigenvalue weighted by Crippen LogP contribution is -2.30. The van der Waals surface area contributed by atoms with Gasteiger partial charge in [-0.25, -0.2) is 4.39 Å². The quantitative estimate of drug-likeness (QED) is 0.599. The van der Waals surface area contributed by atoms with Crippen molar-refractivity contribution in [1.82, 2.24) is 15.2 Å². The van der Waals surface area contributed by atoms with E-state index < -0.39 is 0 Å². The van der Waals surface area contributed by atoms with Crippen molar-refractivity contribution in [1.29, 1.82) is 0 Å². The molecule has 1 unspecified atom stereocenters. The first-order valence-corrected chi connectivity index (χ1v) is 9.41. The van der Waals surface area contributed by atoms with Gasteiger partial charge < -0.3 is 5.32 Å². The van der Waals surface area contributed by atoms with Crippen LogP contribution in [0.3, 0.4) is 0 Å². The minimum atomic E-state index is -0.315. The van der Waals surface area contributed by atoms with Gasteiger partial charge in [0.25, 0.3) is 0 Å². The molecule has 0 radical (unpaired) electrons. The number of benzene rings is 2. The van der Waals surface area contributed by atoms with Crippen molar-refractivity contribution >= 4 is 23.5 Å². The monoisotopic (exact) mass is 393 g/mol. The molecule has 1 atom stereocenters. The highest BCUT2D eigenvalue weighted by Gasteiger charge is 2.26. The lowest BCUT2D eigenvalue weighted by atomic mass is 9.89. The molecule has 1 aliphatic heterocycles. The maximum absolute atomic E-state index is 13.3. The van der Waals surface area contributed by atoms with Crippen LogP contribution in [0.1, 0.15) is 29.8 Å². The Bertz CT molecular complexity index is 1050. The average molecular weight is 393 g/mol. The van der Waals surface area contributed by atoms with Crippen LogP contribution in [0.25, 0.3) is 0 Å². The molecule has 4 rings (SSSR count). The van der Waals surface area contributed by atoms with E-state index >= 15 is 0 Å². The van der Waals surface area contributed by atoms with Gasteiger partial charge in [0.15, 0.2) is 0 Å². The van der Waals surface area contributed by atoms with Crippen LogP contribution in [0.15, 0.2) is 48.5 Å². The summed E-state index contributed by atoms with van der Waals surface area (Å²) in [5, 5.41) is 12.2. The number of aromatic nitrogens is 3. The first kappa shape index (κ1) is 18.8. The van der Waals surface area contributed by atoms with E-state index in [2.05, 4.69) is 25.8 Å². The van der Waals surface area contributed by atoms with Gasteiger partial charge in [0.05, 0.1) is 0 Å². The predicted octanol–water partition coefficient (Wildman–Crippen LogP) is 3.06. The predicted molar refractivity (Wildman–Crippen MR) is 106 cm³/mol. The maximum Gasteiger partial charge on any atom is 0.248 e. The molecule has 148 valence electrons. The lowest BCUT2D eigenvalue weighted by molar-refractivity contribution is -0.121. The fraction of sp³-hybridized carbons (Fsp3) is 0.238. The number of para-hydroxylation sites is 1. The highest BCUT2D eigenvalue weighted by Crippen LogP contribution is 2.27. The maximum atomic E-state index is 13.3. The third kappa shape index (κ3) is 4.66. The standard InChI is InChI=1S/C21H20FN5O2/c22-16-6-3-4-13(10-16)11-18-24-21(27-26-18)25-19(28)9-8-15-12-14-5-1-2-7-17(14)23-20(15)29/h1-7,10,15H,8-9,11-12H2,(H,23,29)(H2,24,25,26,27,28). The van der Waals surface area contributed by atoms with Gasteiger partial charge >= 0.3 is 0 Å². The summed E-state index contributed by atoms with van der Waals surface area (Å²) in [6.45, 7) is 0. The zero-order valence-corrected chi connectivity index (χ0v) is 15.6. The van der Waals surface area contributed by atoms with Gasteiger partial charge in [-0.3, -0.25) is 20.0 Å². The molecule has 1 aliphatic rings. The number of aromatic amines is 1. The van der Waals surface area contributed by atoms with Gasteiger partial charge in [-0.15, -0.1) is 5.10 Å². The summed E-state index contributed by atoms with van der Waals surface area (Å²) in [5.41, 5.74) is 2.67. The molecule has 0 aliphatic carbocycles. The molecule has 3 aromatic rings. The highest BCUT2D eigenvalue weighted by atomic mass is 19.1. The van der Waals surface area contributed by atoms with Crippen molar-refractivity contribution in [2.45, 2.75) is 25.7 Å². The zero-order valence-electron chi connectivity index (χ0n) is 15.6. The molecule has 0 saturated carbocycles. The second-order valence-corrected chi connectivity index (χ2v) is 7.05. The first-order chi connectivity index (χ1) is 14.1. The lowest BCUT2D eigenvalue weighted by Gasteiger charge is -2.24. The molecule has 7 nitrogen and oxygen atoms in total. The Labute approximate surface area is 166 Å². The third-order valence-electron chi connectivity index (χ3n) is 4.88. The van der Waals surface area contributed by atoms with Gasteiger partial charge in [-0.1, -0.05) is 30.3 Å². The average Bonchev–Trinajstić information content (AvgIpc) is 3.13. The SMILES string of the molecule is O=C(CCC1Cc2ccccc2NC1=O)Nc1n[nH]c(Cc2cccc(F)c2)n1. The summed E-state index contributed by atoms with van der Waals surface area (Å²) in [7, 11) is 0. The molecule has 0 spiro atoms. The number of nitrogens with zero attached hydrogens (tertiary/aromatic N) is 2. The minimum Gasteiger partial charge on any atom is -0.326 e. The molecule has 0 saturated heterocycles. The molecule has 3 N–H and O–H groups in total. The summed E-state index contributed by atoms with van der Waals surface area (Å²) < 4.78 is 13.3. The summed E-state index contributed by atoms with van der Waals surface area (Å²) in [4.78, 5) is 28.7. The highest BCUT2D eigenvalue weighted by molar-refractivity contribution is 5.96. The largest absolute Gasteiger partial charge is 0.326 e. The summed E-state index contributed by atoms with van der Waals surface area (Å²) in [5.74, 6) is -0.190. The Morgan fingerprint density at radius 3 is 2.93 bits per heavy atom. The zero-order chi connectivity index (χ0) is 20.2. The molecule has 0 fully saturated rings. The van der Waals surface area contributed by atoms with Crippen molar-refractivity contribution < 1.29 is 14.0 Å². The number of halogens is 1. The normalized spacial score (nSPS) is 15.5. The van der Waals surface area contributed by atoms with Crippen LogP contribution < -0.4 is 10.6 Å². The van der Waals surface area contributed by atoms with Crippen LogP contribution in [-0.2, 0) is 22.4 Å². The van der Waals surface area contributed by atoms with Gasteiger partial charge in [-0.05, 0) is 42.2 Å². The van der Waals surface area contributed by atoms with Crippen LogP contribution >= 0.6 is 0 Å². The second-order valence-electron chi connectivity index (χ2n) is 7.05. The van der Waals surface area contributed by atoms with Crippen LogP contribution in [0.5, 0.6) is 0 Å². The Morgan fingerprint density at radius 2 is 2.07 bits per heavy atom. The van der Waals surface area contributed by atoms with E-state index in [0.29, 0.717) is 25.1 Å². The molecule has 8 heteroatoms. The Balaban J connectivity index is 1.29. The summed E-state index contributed by atoms with van der Waals surface area (Å²) in [6, 6.07) is 13.9. The van der Waals surface area contributed by atoms with E-state index in [1.165, 1.54) is 12.1 Å². The fourth-order valence-electron chi connectivity index (χ4n) is 3.41. The molecule has 2 aromatic carbocycles. The van der Waals surface area contributed by atoms with Crippen molar-refractivity contribution in [3.05, 3.63) is 71.3 Å². The van der Waals surface area contributed by atoms with E-state index in [4.69, 9.17) is 0 Å². The van der Waals surface area contributed by atoms with Crippen LogP contribution in [0.2, 0.25) is 0 Å². The Kier molecular flexibility index (Phi) is 5.33. The number of nitrogens with one attached hydrogen (secondary N) is 3. The van der Waals surface area contributed by atoms with E-state index in [0.717, 1.165) is 16.8 Å². The number of H-pyrrole nitrogens is 1. The Morgan fingerprint density at radius 1 is 1.21 bits per heavy atom. The number of amides is 2. The number of fused-ring (bicyclic) bond motifs is 1. The van der Waals surface area contributed by atoms with E-state index in [-0.39, 0.29) is 35.9 Å².